The Balaban J connectivity index is 2.48. The molecule has 2 rings (SSSR count). The lowest BCUT2D eigenvalue weighted by Crippen LogP contribution is -2.11. The van der Waals surface area contributed by atoms with E-state index in [2.05, 4.69) is 0 Å². The first-order chi connectivity index (χ1) is 10.0. The number of hydrogen-bond acceptors (Lipinski definition) is 3. The fraction of sp³-hybridized carbons (Fsp3) is 0.294. The second kappa shape index (κ2) is 6.70. The summed E-state index contributed by atoms with van der Waals surface area (Å²) in [4.78, 5) is 2.04. The van der Waals surface area contributed by atoms with Crippen LogP contribution in [-0.2, 0) is 13.2 Å². The molecular formula is C17H20FNO2. The summed E-state index contributed by atoms with van der Waals surface area (Å²) in [6.07, 6.45) is 0. The lowest BCUT2D eigenvalue weighted by Gasteiger charge is -2.14. The molecule has 1 N–H and O–H groups in total. The summed E-state index contributed by atoms with van der Waals surface area (Å²) in [6.45, 7) is 0.640. The number of aliphatic hydroxyl groups is 1. The summed E-state index contributed by atoms with van der Waals surface area (Å²) < 4.78 is 19.2. The van der Waals surface area contributed by atoms with Crippen molar-refractivity contribution in [1.29, 1.82) is 0 Å². The highest BCUT2D eigenvalue weighted by molar-refractivity contribution is 5.69. The van der Waals surface area contributed by atoms with Crippen LogP contribution in [0.25, 0.3) is 11.1 Å². The molecule has 0 amide bonds. The normalized spacial score (nSPS) is 11.0. The third-order valence-corrected chi connectivity index (χ3v) is 3.30. The molecule has 21 heavy (non-hydrogen) atoms. The number of benzene rings is 2. The van der Waals surface area contributed by atoms with Crippen LogP contribution in [0.2, 0.25) is 0 Å². The van der Waals surface area contributed by atoms with Gasteiger partial charge in [0.05, 0.1) is 13.7 Å². The minimum atomic E-state index is -0.328. The van der Waals surface area contributed by atoms with Gasteiger partial charge < -0.3 is 14.7 Å². The highest BCUT2D eigenvalue weighted by Crippen LogP contribution is 2.30. The molecule has 3 nitrogen and oxygen atoms in total. The third-order valence-electron chi connectivity index (χ3n) is 3.30. The smallest absolute Gasteiger partial charge is 0.131 e. The Morgan fingerprint density at radius 3 is 2.48 bits per heavy atom. The molecule has 0 spiro atoms. The molecule has 0 aliphatic heterocycles. The monoisotopic (exact) mass is 289 g/mol. The summed E-state index contributed by atoms with van der Waals surface area (Å²) >= 11 is 0. The Hall–Kier alpha value is -1.91. The first-order valence-corrected chi connectivity index (χ1v) is 6.76. The van der Waals surface area contributed by atoms with E-state index in [1.807, 2.05) is 37.2 Å². The van der Waals surface area contributed by atoms with Crippen molar-refractivity contribution >= 4 is 0 Å². The fourth-order valence-corrected chi connectivity index (χ4v) is 2.34. The predicted molar refractivity (Wildman–Crippen MR) is 81.7 cm³/mol. The Kier molecular flexibility index (Phi) is 4.94. The first-order valence-electron chi connectivity index (χ1n) is 6.76. The van der Waals surface area contributed by atoms with E-state index in [9.17, 15) is 9.50 Å². The number of methoxy groups -OCH3 is 1. The van der Waals surface area contributed by atoms with Gasteiger partial charge in [0, 0.05) is 12.1 Å². The van der Waals surface area contributed by atoms with Crippen molar-refractivity contribution in [1.82, 2.24) is 4.90 Å². The second-order valence-electron chi connectivity index (χ2n) is 5.23. The Bertz CT molecular complexity index is 626. The van der Waals surface area contributed by atoms with Gasteiger partial charge in [-0.3, -0.25) is 0 Å². The summed E-state index contributed by atoms with van der Waals surface area (Å²) in [6, 6.07) is 10.3. The van der Waals surface area contributed by atoms with E-state index in [0.717, 1.165) is 12.1 Å². The minimum absolute atomic E-state index is 0.132. The van der Waals surface area contributed by atoms with Crippen LogP contribution in [0.4, 0.5) is 4.39 Å². The van der Waals surface area contributed by atoms with E-state index >= 15 is 0 Å². The zero-order valence-electron chi connectivity index (χ0n) is 12.6. The Morgan fingerprint density at radius 2 is 1.86 bits per heavy atom. The van der Waals surface area contributed by atoms with Gasteiger partial charge in [-0.25, -0.2) is 4.39 Å². The molecule has 0 radical (unpaired) electrons. The molecule has 0 heterocycles. The molecule has 0 atom stereocenters. The molecule has 0 bridgehead atoms. The molecule has 2 aromatic rings. The molecule has 112 valence electrons. The van der Waals surface area contributed by atoms with Crippen molar-refractivity contribution < 1.29 is 14.2 Å². The van der Waals surface area contributed by atoms with Gasteiger partial charge in [0.1, 0.15) is 11.6 Å². The van der Waals surface area contributed by atoms with Gasteiger partial charge in [-0.15, -0.1) is 0 Å². The van der Waals surface area contributed by atoms with Crippen LogP contribution in [0.3, 0.4) is 0 Å². The van der Waals surface area contributed by atoms with Crippen LogP contribution in [0.1, 0.15) is 11.1 Å². The zero-order valence-corrected chi connectivity index (χ0v) is 12.6. The number of ether oxygens (including phenoxy) is 1. The van der Waals surface area contributed by atoms with E-state index in [4.69, 9.17) is 4.74 Å². The van der Waals surface area contributed by atoms with E-state index in [0.29, 0.717) is 22.4 Å². The van der Waals surface area contributed by atoms with Gasteiger partial charge in [0.25, 0.3) is 0 Å². The largest absolute Gasteiger partial charge is 0.497 e. The number of hydrogen-bond donors (Lipinski definition) is 1. The maximum absolute atomic E-state index is 14.1. The quantitative estimate of drug-likeness (QED) is 0.918. The molecule has 2 aromatic carbocycles. The van der Waals surface area contributed by atoms with Crippen molar-refractivity contribution in [3.63, 3.8) is 0 Å². The second-order valence-corrected chi connectivity index (χ2v) is 5.23. The first kappa shape index (κ1) is 15.5. The molecular weight excluding hydrogens is 269 g/mol. The summed E-state index contributed by atoms with van der Waals surface area (Å²) in [5, 5.41) is 9.59. The summed E-state index contributed by atoms with van der Waals surface area (Å²) in [5.74, 6) is 0.263. The van der Waals surface area contributed by atoms with Gasteiger partial charge in [-0.05, 0) is 49.0 Å². The van der Waals surface area contributed by atoms with Crippen LogP contribution in [0.5, 0.6) is 5.75 Å². The van der Waals surface area contributed by atoms with Crippen LogP contribution in [0.15, 0.2) is 36.4 Å². The molecule has 0 fully saturated rings. The Morgan fingerprint density at radius 1 is 1.10 bits per heavy atom. The standard InChI is InChI=1S/C17H20FNO2/c1-19(2)10-12-4-6-15(13(8-12)11-20)16-9-14(21-3)5-7-17(16)18/h4-9,20H,10-11H2,1-3H3. The third kappa shape index (κ3) is 3.60. The minimum Gasteiger partial charge on any atom is -0.497 e. The van der Waals surface area contributed by atoms with Gasteiger partial charge >= 0.3 is 0 Å². The maximum atomic E-state index is 14.1. The molecule has 0 aliphatic rings. The highest BCUT2D eigenvalue weighted by Gasteiger charge is 2.12. The molecule has 0 aliphatic carbocycles. The van der Waals surface area contributed by atoms with Crippen molar-refractivity contribution in [2.45, 2.75) is 13.2 Å². The summed E-state index contributed by atoms with van der Waals surface area (Å²) in [7, 11) is 5.51. The Labute approximate surface area is 124 Å². The topological polar surface area (TPSA) is 32.7 Å². The van der Waals surface area contributed by atoms with Gasteiger partial charge in [0.15, 0.2) is 0 Å². The lowest BCUT2D eigenvalue weighted by atomic mass is 9.97. The molecule has 0 unspecified atom stereocenters. The van der Waals surface area contributed by atoms with Gasteiger partial charge in [0.2, 0.25) is 0 Å². The predicted octanol–water partition coefficient (Wildman–Crippen LogP) is 3.06. The number of nitrogens with zero attached hydrogens (tertiary/aromatic N) is 1. The molecule has 0 saturated carbocycles. The molecule has 0 aromatic heterocycles. The van der Waals surface area contributed by atoms with Gasteiger partial charge in [-0.2, -0.15) is 0 Å². The van der Waals surface area contributed by atoms with E-state index in [1.165, 1.54) is 6.07 Å². The average molecular weight is 289 g/mol. The highest BCUT2D eigenvalue weighted by atomic mass is 19.1. The van der Waals surface area contributed by atoms with E-state index < -0.39 is 0 Å². The SMILES string of the molecule is COc1ccc(F)c(-c2ccc(CN(C)C)cc2CO)c1. The number of rotatable bonds is 5. The van der Waals surface area contributed by atoms with E-state index in [1.54, 1.807) is 19.2 Å². The fourth-order valence-electron chi connectivity index (χ4n) is 2.34. The van der Waals surface area contributed by atoms with E-state index in [-0.39, 0.29) is 12.4 Å². The maximum Gasteiger partial charge on any atom is 0.131 e. The van der Waals surface area contributed by atoms with Crippen LogP contribution < -0.4 is 4.74 Å². The number of aliphatic hydroxyl groups excluding tert-OH is 1. The lowest BCUT2D eigenvalue weighted by molar-refractivity contribution is 0.282. The van der Waals surface area contributed by atoms with Crippen LogP contribution >= 0.6 is 0 Å². The number of halogens is 1. The average Bonchev–Trinajstić information content (AvgIpc) is 2.47. The van der Waals surface area contributed by atoms with Crippen molar-refractivity contribution in [3.05, 3.63) is 53.3 Å². The van der Waals surface area contributed by atoms with Crippen LogP contribution in [-0.4, -0.2) is 31.2 Å². The van der Waals surface area contributed by atoms with Crippen molar-refractivity contribution in [2.24, 2.45) is 0 Å². The van der Waals surface area contributed by atoms with Crippen LogP contribution in [0, 0.1) is 5.82 Å². The zero-order chi connectivity index (χ0) is 15.4. The van der Waals surface area contributed by atoms with Gasteiger partial charge in [-0.1, -0.05) is 18.2 Å². The molecule has 4 heteroatoms. The summed E-state index contributed by atoms with van der Waals surface area (Å²) in [5.41, 5.74) is 2.92. The van der Waals surface area contributed by atoms with Crippen molar-refractivity contribution in [2.75, 3.05) is 21.2 Å². The van der Waals surface area contributed by atoms with Crippen molar-refractivity contribution in [3.8, 4) is 16.9 Å². The molecule has 0 saturated heterocycles.